The van der Waals surface area contributed by atoms with Gasteiger partial charge in [0.1, 0.15) is 5.75 Å². The van der Waals surface area contributed by atoms with E-state index >= 15 is 0 Å². The molecule has 0 aliphatic carbocycles. The van der Waals surface area contributed by atoms with Crippen LogP contribution in [0.4, 0.5) is 0 Å². The van der Waals surface area contributed by atoms with Gasteiger partial charge in [-0.25, -0.2) is 0 Å². The van der Waals surface area contributed by atoms with Crippen LogP contribution < -0.4 is 9.84 Å². The molecule has 0 saturated carbocycles. The van der Waals surface area contributed by atoms with Gasteiger partial charge in [-0.15, -0.1) is 10.2 Å². The maximum atomic E-state index is 11.4. The highest BCUT2D eigenvalue weighted by Crippen LogP contribution is 2.31. The number of nitrogens with zero attached hydrogens (tertiary/aromatic N) is 2. The second-order valence-electron chi connectivity index (χ2n) is 4.83. The number of carbonyl (C=O) groups excluding carboxylic acids is 1. The van der Waals surface area contributed by atoms with Crippen molar-refractivity contribution in [1.29, 1.82) is 0 Å². The molecule has 0 radical (unpaired) electrons. The van der Waals surface area contributed by atoms with Crippen LogP contribution >= 0.6 is 23.4 Å². The fourth-order valence-electron chi connectivity index (χ4n) is 1.68. The first-order chi connectivity index (χ1) is 10.8. The van der Waals surface area contributed by atoms with E-state index in [4.69, 9.17) is 20.8 Å². The average molecular weight is 354 g/mol. The van der Waals surface area contributed by atoms with Crippen LogP contribution in [0.1, 0.15) is 25.3 Å². The first-order valence-corrected chi connectivity index (χ1v) is 7.92. The molecule has 2 aromatic rings. The lowest BCUT2D eigenvalue weighted by atomic mass is 10.2. The molecule has 0 bridgehead atoms. The average Bonchev–Trinajstić information content (AvgIpc) is 2.86. The quantitative estimate of drug-likeness (QED) is 0.582. The highest BCUT2D eigenvalue weighted by molar-refractivity contribution is 8.03. The van der Waals surface area contributed by atoms with E-state index in [1.165, 1.54) is 6.08 Å². The van der Waals surface area contributed by atoms with Gasteiger partial charge in [0, 0.05) is 22.4 Å². The van der Waals surface area contributed by atoms with Crippen molar-refractivity contribution >= 4 is 35.4 Å². The third kappa shape index (κ3) is 5.01. The van der Waals surface area contributed by atoms with Crippen LogP contribution in [0.15, 0.2) is 32.7 Å². The molecule has 0 aliphatic heterocycles. The fraction of sp³-hybridized carbons (Fsp3) is 0.267. The third-order valence-corrected chi connectivity index (χ3v) is 3.61. The molecule has 1 heterocycles. The van der Waals surface area contributed by atoms with Gasteiger partial charge < -0.3 is 19.1 Å². The van der Waals surface area contributed by atoms with Gasteiger partial charge in [-0.3, -0.25) is 0 Å². The predicted molar refractivity (Wildman–Crippen MR) is 85.1 cm³/mol. The number of aromatic nitrogens is 2. The van der Waals surface area contributed by atoms with E-state index in [0.717, 1.165) is 11.8 Å². The van der Waals surface area contributed by atoms with Crippen LogP contribution in [0, 0.1) is 6.92 Å². The normalized spacial score (nSPS) is 11.8. The zero-order chi connectivity index (χ0) is 17.0. The van der Waals surface area contributed by atoms with E-state index in [1.807, 2.05) is 13.8 Å². The Morgan fingerprint density at radius 3 is 2.74 bits per heavy atom. The summed E-state index contributed by atoms with van der Waals surface area (Å²) in [4.78, 5) is 11.3. The van der Waals surface area contributed by atoms with Gasteiger partial charge in [-0.2, -0.15) is 0 Å². The molecule has 1 aromatic carbocycles. The van der Waals surface area contributed by atoms with E-state index in [0.29, 0.717) is 22.2 Å². The second kappa shape index (κ2) is 7.52. The summed E-state index contributed by atoms with van der Waals surface area (Å²) >= 11 is 6.79. The number of benzene rings is 1. The van der Waals surface area contributed by atoms with E-state index in [-0.39, 0.29) is 16.2 Å². The molecule has 1 aromatic heterocycles. The molecule has 8 heteroatoms. The number of carbonyl (C=O) groups is 1. The number of halogens is 1. The Balaban J connectivity index is 2.38. The number of ether oxygens (including phenoxy) is 1. The molecule has 0 amide bonds. The molecule has 23 heavy (non-hydrogen) atoms. The van der Waals surface area contributed by atoms with Crippen LogP contribution in [0.5, 0.6) is 5.75 Å². The minimum atomic E-state index is -1.36. The summed E-state index contributed by atoms with van der Waals surface area (Å²) in [6.45, 7) is 5.36. The number of carboxylic acid groups (broad SMARTS) is 1. The Bertz CT molecular complexity index is 743. The standard InChI is InChI=1S/C15H15ClN2O4S/c1-8(2)21-12-5-4-11(16)6-10(12)7-13(14(19)20)23-15-18-17-9(3)22-15/h4-8H,1-3H3,(H,19,20)/p-1/b13-7+. The third-order valence-electron chi connectivity index (χ3n) is 2.53. The van der Waals surface area contributed by atoms with Gasteiger partial charge in [0.25, 0.3) is 5.22 Å². The minimum absolute atomic E-state index is 0.0685. The molecular formula is C15H14ClN2O4S-. The summed E-state index contributed by atoms with van der Waals surface area (Å²) in [7, 11) is 0. The number of rotatable bonds is 6. The van der Waals surface area contributed by atoms with Crippen molar-refractivity contribution in [3.05, 3.63) is 39.6 Å². The molecule has 0 atom stereocenters. The number of aryl methyl sites for hydroxylation is 1. The van der Waals surface area contributed by atoms with Crippen molar-refractivity contribution in [1.82, 2.24) is 10.2 Å². The summed E-state index contributed by atoms with van der Waals surface area (Å²) in [5, 5.41) is 19.4. The first-order valence-electron chi connectivity index (χ1n) is 6.72. The predicted octanol–water partition coefficient (Wildman–Crippen LogP) is 2.70. The van der Waals surface area contributed by atoms with E-state index in [1.54, 1.807) is 25.1 Å². The van der Waals surface area contributed by atoms with E-state index in [9.17, 15) is 9.90 Å². The number of hydrogen-bond donors (Lipinski definition) is 0. The molecule has 122 valence electrons. The van der Waals surface area contributed by atoms with Gasteiger partial charge in [0.05, 0.1) is 12.1 Å². The molecule has 0 aliphatic rings. The van der Waals surface area contributed by atoms with Crippen molar-refractivity contribution in [2.24, 2.45) is 0 Å². The lowest BCUT2D eigenvalue weighted by Crippen LogP contribution is -2.23. The summed E-state index contributed by atoms with van der Waals surface area (Å²) in [5.74, 6) is -0.497. The Morgan fingerprint density at radius 2 is 2.17 bits per heavy atom. The van der Waals surface area contributed by atoms with Gasteiger partial charge in [0.2, 0.25) is 5.89 Å². The maximum absolute atomic E-state index is 11.4. The van der Waals surface area contributed by atoms with Crippen LogP contribution in [0.25, 0.3) is 6.08 Å². The Labute approximate surface area is 142 Å². The zero-order valence-electron chi connectivity index (χ0n) is 12.7. The smallest absolute Gasteiger partial charge is 0.281 e. The Kier molecular flexibility index (Phi) is 5.68. The number of thioether (sulfide) groups is 1. The molecule has 6 nitrogen and oxygen atoms in total. The molecule has 0 unspecified atom stereocenters. The van der Waals surface area contributed by atoms with Crippen LogP contribution in [0.3, 0.4) is 0 Å². The highest BCUT2D eigenvalue weighted by atomic mass is 35.5. The summed E-state index contributed by atoms with van der Waals surface area (Å²) < 4.78 is 10.8. The van der Waals surface area contributed by atoms with Crippen LogP contribution in [-0.4, -0.2) is 22.3 Å². The van der Waals surface area contributed by atoms with Gasteiger partial charge >= 0.3 is 0 Å². The van der Waals surface area contributed by atoms with Crippen LogP contribution in [0.2, 0.25) is 5.02 Å². The van der Waals surface area contributed by atoms with Crippen molar-refractivity contribution in [3.8, 4) is 5.75 Å². The topological polar surface area (TPSA) is 88.3 Å². The second-order valence-corrected chi connectivity index (χ2v) is 6.26. The van der Waals surface area contributed by atoms with Crippen molar-refractivity contribution < 1.29 is 19.1 Å². The lowest BCUT2D eigenvalue weighted by Gasteiger charge is -2.14. The van der Waals surface area contributed by atoms with Gasteiger partial charge in [-0.1, -0.05) is 11.6 Å². The van der Waals surface area contributed by atoms with E-state index in [2.05, 4.69) is 10.2 Å². The van der Waals surface area contributed by atoms with Crippen molar-refractivity contribution in [3.63, 3.8) is 0 Å². The van der Waals surface area contributed by atoms with Gasteiger partial charge in [0.15, 0.2) is 0 Å². The van der Waals surface area contributed by atoms with Gasteiger partial charge in [-0.05, 0) is 49.9 Å². The lowest BCUT2D eigenvalue weighted by molar-refractivity contribution is -0.298. The molecule has 0 N–H and O–H groups in total. The minimum Gasteiger partial charge on any atom is -0.544 e. The van der Waals surface area contributed by atoms with Crippen LogP contribution in [-0.2, 0) is 4.79 Å². The number of carboxylic acids is 1. The molecule has 2 rings (SSSR count). The monoisotopic (exact) mass is 353 g/mol. The summed E-state index contributed by atoms with van der Waals surface area (Å²) in [5.41, 5.74) is 0.522. The number of hydrogen-bond acceptors (Lipinski definition) is 7. The van der Waals surface area contributed by atoms with E-state index < -0.39 is 5.97 Å². The molecular weight excluding hydrogens is 340 g/mol. The Morgan fingerprint density at radius 1 is 1.43 bits per heavy atom. The highest BCUT2D eigenvalue weighted by Gasteiger charge is 2.11. The maximum Gasteiger partial charge on any atom is 0.281 e. The summed E-state index contributed by atoms with van der Waals surface area (Å²) in [6, 6.07) is 4.97. The number of aliphatic carboxylic acids is 1. The van der Waals surface area contributed by atoms with Crippen molar-refractivity contribution in [2.75, 3.05) is 0 Å². The molecule has 0 spiro atoms. The molecule has 0 saturated heterocycles. The first kappa shape index (κ1) is 17.4. The Hall–Kier alpha value is -1.99. The SMILES string of the molecule is Cc1nnc(S/C(=C/c2cc(Cl)ccc2OC(C)C)C(=O)[O-])o1. The molecule has 0 fully saturated rings. The van der Waals surface area contributed by atoms with Crippen molar-refractivity contribution in [2.45, 2.75) is 32.1 Å². The largest absolute Gasteiger partial charge is 0.544 e. The fourth-order valence-corrected chi connectivity index (χ4v) is 2.56. The summed E-state index contributed by atoms with van der Waals surface area (Å²) in [6.07, 6.45) is 1.34. The zero-order valence-corrected chi connectivity index (χ0v) is 14.3.